The van der Waals surface area contributed by atoms with E-state index in [-0.39, 0.29) is 10.8 Å². The summed E-state index contributed by atoms with van der Waals surface area (Å²) >= 11 is 0. The van der Waals surface area contributed by atoms with Gasteiger partial charge in [-0.05, 0) is 51.2 Å². The van der Waals surface area contributed by atoms with Gasteiger partial charge < -0.3 is 0 Å². The first-order chi connectivity index (χ1) is 8.78. The van der Waals surface area contributed by atoms with E-state index in [9.17, 15) is 13.7 Å². The molecule has 5 heteroatoms. The van der Waals surface area contributed by atoms with Crippen LogP contribution < -0.4 is 4.72 Å². The number of nitriles is 1. The van der Waals surface area contributed by atoms with Gasteiger partial charge in [-0.25, -0.2) is 8.42 Å². The number of sulfonamides is 1. The summed E-state index contributed by atoms with van der Waals surface area (Å²) in [7, 11) is -3.66. The van der Waals surface area contributed by atoms with E-state index in [1.165, 1.54) is 0 Å². The minimum Gasteiger partial charge on any atom is -0.207 e. The number of rotatable bonds is 4. The van der Waals surface area contributed by atoms with Crippen molar-refractivity contribution in [3.63, 3.8) is 0 Å². The Labute approximate surface area is 114 Å². The largest absolute Gasteiger partial charge is 0.242 e. The number of aryl methyl sites for hydroxylation is 2. The predicted molar refractivity (Wildman–Crippen MR) is 73.0 cm³/mol. The first kappa shape index (κ1) is 14.0. The van der Waals surface area contributed by atoms with Crippen LogP contribution in [0, 0.1) is 31.1 Å². The quantitative estimate of drug-likeness (QED) is 0.918. The second kappa shape index (κ2) is 4.62. The monoisotopic (exact) mass is 278 g/mol. The van der Waals surface area contributed by atoms with Gasteiger partial charge in [-0.1, -0.05) is 17.7 Å². The van der Waals surface area contributed by atoms with Crippen LogP contribution in [0.2, 0.25) is 0 Å². The number of benzene rings is 1. The van der Waals surface area contributed by atoms with Crippen LogP contribution in [0.1, 0.15) is 30.9 Å². The van der Waals surface area contributed by atoms with Crippen molar-refractivity contribution in [2.75, 3.05) is 0 Å². The molecule has 1 aromatic rings. The Balaban J connectivity index is 2.35. The third-order valence-electron chi connectivity index (χ3n) is 3.59. The molecule has 1 aliphatic carbocycles. The summed E-state index contributed by atoms with van der Waals surface area (Å²) in [6.07, 6.45) is 1.80. The number of hydrogen-bond donors (Lipinski definition) is 1. The molecule has 1 saturated carbocycles. The smallest absolute Gasteiger partial charge is 0.207 e. The van der Waals surface area contributed by atoms with Crippen LogP contribution in [-0.4, -0.2) is 14.0 Å². The van der Waals surface area contributed by atoms with E-state index in [0.29, 0.717) is 5.56 Å². The molecule has 2 rings (SSSR count). The zero-order chi connectivity index (χ0) is 14.3. The molecule has 0 amide bonds. The van der Waals surface area contributed by atoms with Crippen molar-refractivity contribution in [3.8, 4) is 6.07 Å². The van der Waals surface area contributed by atoms with Gasteiger partial charge in [0.05, 0.1) is 11.0 Å². The molecule has 1 aromatic carbocycles. The zero-order valence-corrected chi connectivity index (χ0v) is 12.2. The van der Waals surface area contributed by atoms with Gasteiger partial charge in [0.2, 0.25) is 10.0 Å². The lowest BCUT2D eigenvalue weighted by Gasteiger charge is -2.23. The summed E-state index contributed by atoms with van der Waals surface area (Å²) in [5, 5.41) is 9.24. The van der Waals surface area contributed by atoms with Gasteiger partial charge in [-0.2, -0.15) is 9.98 Å². The lowest BCUT2D eigenvalue weighted by atomic mass is 10.0. The molecule has 0 bridgehead atoms. The van der Waals surface area contributed by atoms with Gasteiger partial charge in [0.15, 0.2) is 0 Å². The molecule has 0 radical (unpaired) electrons. The van der Waals surface area contributed by atoms with Crippen molar-refractivity contribution < 1.29 is 8.42 Å². The van der Waals surface area contributed by atoms with Crippen LogP contribution in [0.5, 0.6) is 0 Å². The Morgan fingerprint density at radius 1 is 1.37 bits per heavy atom. The molecule has 0 heterocycles. The Morgan fingerprint density at radius 2 is 2.00 bits per heavy atom. The molecule has 102 valence electrons. The van der Waals surface area contributed by atoms with E-state index in [1.807, 2.05) is 13.0 Å². The molecule has 0 unspecified atom stereocenters. The fourth-order valence-corrected chi connectivity index (χ4v) is 3.90. The van der Waals surface area contributed by atoms with Crippen molar-refractivity contribution in [2.45, 2.75) is 44.0 Å². The standard InChI is InChI=1S/C14H18N2O2S/c1-10-4-7-13(11(2)8-10)19(17,18)16-14(3,9-15)12-5-6-12/h4,7-8,12,16H,5-6H2,1-3H3/t14-/m0/s1. The average molecular weight is 278 g/mol. The third-order valence-corrected chi connectivity index (χ3v) is 5.32. The molecule has 19 heavy (non-hydrogen) atoms. The molecular weight excluding hydrogens is 260 g/mol. The Bertz CT molecular complexity index is 642. The van der Waals surface area contributed by atoms with Crippen molar-refractivity contribution >= 4 is 10.0 Å². The summed E-state index contributed by atoms with van der Waals surface area (Å²) < 4.78 is 27.4. The predicted octanol–water partition coefficient (Wildman–Crippen LogP) is 2.27. The van der Waals surface area contributed by atoms with E-state index in [2.05, 4.69) is 10.8 Å². The summed E-state index contributed by atoms with van der Waals surface area (Å²) in [5.74, 6) is 0.123. The first-order valence-electron chi connectivity index (χ1n) is 6.31. The van der Waals surface area contributed by atoms with E-state index in [1.54, 1.807) is 26.0 Å². The van der Waals surface area contributed by atoms with Gasteiger partial charge in [0.1, 0.15) is 5.54 Å². The van der Waals surface area contributed by atoms with Crippen LogP contribution in [0.3, 0.4) is 0 Å². The van der Waals surface area contributed by atoms with E-state index >= 15 is 0 Å². The fourth-order valence-electron chi connectivity index (χ4n) is 2.29. The minimum absolute atomic E-state index is 0.123. The van der Waals surface area contributed by atoms with Crippen LogP contribution in [0.25, 0.3) is 0 Å². The maximum Gasteiger partial charge on any atom is 0.242 e. The third kappa shape index (κ3) is 2.80. The highest BCUT2D eigenvalue weighted by atomic mass is 32.2. The van der Waals surface area contributed by atoms with Gasteiger partial charge in [0, 0.05) is 0 Å². The average Bonchev–Trinajstić information content (AvgIpc) is 3.11. The maximum absolute atomic E-state index is 12.4. The molecule has 0 aromatic heterocycles. The highest BCUT2D eigenvalue weighted by Gasteiger charge is 2.44. The molecule has 4 nitrogen and oxygen atoms in total. The molecule has 0 aliphatic heterocycles. The molecule has 1 fully saturated rings. The van der Waals surface area contributed by atoms with E-state index in [4.69, 9.17) is 0 Å². The second-order valence-electron chi connectivity index (χ2n) is 5.46. The Hall–Kier alpha value is -1.38. The normalized spacial score (nSPS) is 18.6. The topological polar surface area (TPSA) is 70.0 Å². The van der Waals surface area contributed by atoms with Gasteiger partial charge >= 0.3 is 0 Å². The lowest BCUT2D eigenvalue weighted by molar-refractivity contribution is 0.458. The molecule has 1 atom stereocenters. The summed E-state index contributed by atoms with van der Waals surface area (Å²) in [5.41, 5.74) is 0.709. The summed E-state index contributed by atoms with van der Waals surface area (Å²) in [4.78, 5) is 0.250. The highest BCUT2D eigenvalue weighted by molar-refractivity contribution is 7.89. The minimum atomic E-state index is -3.66. The van der Waals surface area contributed by atoms with Crippen LogP contribution in [0.15, 0.2) is 23.1 Å². The zero-order valence-electron chi connectivity index (χ0n) is 11.4. The van der Waals surface area contributed by atoms with Crippen molar-refractivity contribution in [1.29, 1.82) is 5.26 Å². The van der Waals surface area contributed by atoms with E-state index < -0.39 is 15.6 Å². The first-order valence-corrected chi connectivity index (χ1v) is 7.79. The van der Waals surface area contributed by atoms with Crippen LogP contribution in [0.4, 0.5) is 0 Å². The molecular formula is C14H18N2O2S. The molecule has 1 N–H and O–H groups in total. The molecule has 0 spiro atoms. The van der Waals surface area contributed by atoms with Gasteiger partial charge in [-0.3, -0.25) is 0 Å². The van der Waals surface area contributed by atoms with Crippen LogP contribution >= 0.6 is 0 Å². The van der Waals surface area contributed by atoms with Gasteiger partial charge in [0.25, 0.3) is 0 Å². The number of nitrogens with zero attached hydrogens (tertiary/aromatic N) is 1. The second-order valence-corrected chi connectivity index (χ2v) is 7.11. The Morgan fingerprint density at radius 3 is 2.47 bits per heavy atom. The van der Waals surface area contributed by atoms with Gasteiger partial charge in [-0.15, -0.1) is 0 Å². The van der Waals surface area contributed by atoms with Crippen molar-refractivity contribution in [2.24, 2.45) is 5.92 Å². The summed E-state index contributed by atoms with van der Waals surface area (Å²) in [6.45, 7) is 5.34. The van der Waals surface area contributed by atoms with Crippen LogP contribution in [-0.2, 0) is 10.0 Å². The number of nitrogens with one attached hydrogen (secondary N) is 1. The fraction of sp³-hybridized carbons (Fsp3) is 0.500. The maximum atomic E-state index is 12.4. The number of hydrogen-bond acceptors (Lipinski definition) is 3. The van der Waals surface area contributed by atoms with Crippen molar-refractivity contribution in [1.82, 2.24) is 4.72 Å². The highest BCUT2D eigenvalue weighted by Crippen LogP contribution is 2.40. The molecule has 1 aliphatic rings. The van der Waals surface area contributed by atoms with E-state index in [0.717, 1.165) is 18.4 Å². The molecule has 0 saturated heterocycles. The Kier molecular flexibility index (Phi) is 3.41. The summed E-state index contributed by atoms with van der Waals surface area (Å²) in [6, 6.07) is 7.30. The lowest BCUT2D eigenvalue weighted by Crippen LogP contribution is -2.46. The SMILES string of the molecule is Cc1ccc(S(=O)(=O)N[C@@](C)(C#N)C2CC2)c(C)c1. The van der Waals surface area contributed by atoms with Crippen molar-refractivity contribution in [3.05, 3.63) is 29.3 Å².